The van der Waals surface area contributed by atoms with Crippen LogP contribution in [0.2, 0.25) is 5.02 Å². The van der Waals surface area contributed by atoms with Gasteiger partial charge in [0.25, 0.3) is 0 Å². The van der Waals surface area contributed by atoms with Gasteiger partial charge in [-0.15, -0.1) is 0 Å². The molecule has 4 rings (SSSR count). The highest BCUT2D eigenvalue weighted by atomic mass is 35.5. The Bertz CT molecular complexity index is 805. The topological polar surface area (TPSA) is 6.48 Å². The van der Waals surface area contributed by atoms with Crippen molar-refractivity contribution in [1.82, 2.24) is 9.80 Å². The quantitative estimate of drug-likeness (QED) is 0.703. The van der Waals surface area contributed by atoms with Gasteiger partial charge in [-0.1, -0.05) is 43.6 Å². The predicted octanol–water partition coefficient (Wildman–Crippen LogP) is 5.33. The largest absolute Gasteiger partial charge is 0.301 e. The molecule has 3 atom stereocenters. The summed E-state index contributed by atoms with van der Waals surface area (Å²) in [5.41, 5.74) is 3.89. The second-order valence-electron chi connectivity index (χ2n) is 8.42. The molecule has 1 unspecified atom stereocenters. The molecule has 0 N–H and O–H groups in total. The molecule has 1 heterocycles. The summed E-state index contributed by atoms with van der Waals surface area (Å²) in [5, 5.41) is 0.799. The van der Waals surface area contributed by atoms with Gasteiger partial charge >= 0.3 is 0 Å². The standard InChI is InChI=1S/C23H28ClFN2/c1-15(2)23-14-27(11-10-26(23)3)22-13-20(16-4-7-18(25)8-5-16)19-9-6-17(24)12-21(19)22/h4-9,12,15,20,22-23H,10-11,13-14H2,1-3H3/t20-,22+,23?/m0/s1. The number of halogens is 2. The van der Waals surface area contributed by atoms with Crippen LogP contribution in [0.5, 0.6) is 0 Å². The molecule has 2 aliphatic rings. The van der Waals surface area contributed by atoms with Crippen molar-refractivity contribution in [2.24, 2.45) is 5.92 Å². The summed E-state index contributed by atoms with van der Waals surface area (Å²) in [6, 6.07) is 14.3. The third kappa shape index (κ3) is 3.65. The van der Waals surface area contributed by atoms with Gasteiger partial charge in [-0.25, -0.2) is 4.39 Å². The van der Waals surface area contributed by atoms with Crippen molar-refractivity contribution in [2.45, 2.75) is 38.3 Å². The lowest BCUT2D eigenvalue weighted by Gasteiger charge is -2.44. The van der Waals surface area contributed by atoms with Gasteiger partial charge in [0, 0.05) is 42.7 Å². The van der Waals surface area contributed by atoms with Gasteiger partial charge < -0.3 is 4.90 Å². The molecule has 0 radical (unpaired) electrons. The average Bonchev–Trinajstić information content (AvgIpc) is 3.01. The molecule has 2 aromatic rings. The third-order valence-electron chi connectivity index (χ3n) is 6.45. The van der Waals surface area contributed by atoms with E-state index in [-0.39, 0.29) is 5.82 Å². The number of piperazine rings is 1. The van der Waals surface area contributed by atoms with Crippen molar-refractivity contribution in [1.29, 1.82) is 0 Å². The number of hydrogen-bond acceptors (Lipinski definition) is 2. The Balaban J connectivity index is 1.66. The molecular formula is C23H28ClFN2. The SMILES string of the molecule is CC(C)C1CN([C@@H]2C[C@@H](c3ccc(F)cc3)c3ccc(Cl)cc32)CCN1C. The molecule has 144 valence electrons. The maximum absolute atomic E-state index is 13.4. The van der Waals surface area contributed by atoms with E-state index in [0.717, 1.165) is 31.1 Å². The third-order valence-corrected chi connectivity index (χ3v) is 6.69. The van der Waals surface area contributed by atoms with E-state index in [1.807, 2.05) is 18.2 Å². The van der Waals surface area contributed by atoms with Crippen molar-refractivity contribution in [3.05, 3.63) is 70.0 Å². The number of fused-ring (bicyclic) bond motifs is 1. The Morgan fingerprint density at radius 2 is 1.78 bits per heavy atom. The summed E-state index contributed by atoms with van der Waals surface area (Å²) < 4.78 is 13.4. The summed E-state index contributed by atoms with van der Waals surface area (Å²) in [5.74, 6) is 0.759. The molecule has 0 bridgehead atoms. The van der Waals surface area contributed by atoms with Crippen LogP contribution in [0.15, 0.2) is 42.5 Å². The first kappa shape index (κ1) is 18.9. The minimum atomic E-state index is -0.177. The molecule has 1 fully saturated rings. The number of rotatable bonds is 3. The van der Waals surface area contributed by atoms with E-state index in [9.17, 15) is 4.39 Å². The summed E-state index contributed by atoms with van der Waals surface area (Å²) in [7, 11) is 2.24. The normalized spacial score (nSPS) is 26.5. The fourth-order valence-corrected chi connectivity index (χ4v) is 5.09. The van der Waals surface area contributed by atoms with Crippen LogP contribution in [0.4, 0.5) is 4.39 Å². The van der Waals surface area contributed by atoms with E-state index in [1.54, 1.807) is 12.1 Å². The second-order valence-corrected chi connectivity index (χ2v) is 8.85. The molecule has 1 aliphatic heterocycles. The van der Waals surface area contributed by atoms with Gasteiger partial charge in [0.2, 0.25) is 0 Å². The van der Waals surface area contributed by atoms with Crippen LogP contribution >= 0.6 is 11.6 Å². The van der Waals surface area contributed by atoms with E-state index in [4.69, 9.17) is 11.6 Å². The molecule has 1 aliphatic carbocycles. The zero-order valence-electron chi connectivity index (χ0n) is 16.3. The Hall–Kier alpha value is -1.42. The Labute approximate surface area is 166 Å². The maximum Gasteiger partial charge on any atom is 0.123 e. The lowest BCUT2D eigenvalue weighted by Crippen LogP contribution is -2.54. The smallest absolute Gasteiger partial charge is 0.123 e. The summed E-state index contributed by atoms with van der Waals surface area (Å²) in [6.07, 6.45) is 1.04. The molecule has 2 nitrogen and oxygen atoms in total. The van der Waals surface area contributed by atoms with E-state index >= 15 is 0 Å². The highest BCUT2D eigenvalue weighted by Gasteiger charge is 2.38. The molecule has 4 heteroatoms. The maximum atomic E-state index is 13.4. The lowest BCUT2D eigenvalue weighted by molar-refractivity contribution is 0.0427. The fraction of sp³-hybridized carbons (Fsp3) is 0.478. The van der Waals surface area contributed by atoms with Crippen molar-refractivity contribution in [3.8, 4) is 0 Å². The van der Waals surface area contributed by atoms with Crippen LogP contribution in [0.25, 0.3) is 0 Å². The number of likely N-dealkylation sites (N-methyl/N-ethyl adjacent to an activating group) is 1. The van der Waals surface area contributed by atoms with Crippen molar-refractivity contribution in [2.75, 3.05) is 26.7 Å². The minimum absolute atomic E-state index is 0.177. The van der Waals surface area contributed by atoms with E-state index in [2.05, 4.69) is 42.8 Å². The predicted molar refractivity (Wildman–Crippen MR) is 110 cm³/mol. The first-order valence-corrected chi connectivity index (χ1v) is 10.3. The Morgan fingerprint density at radius 3 is 2.48 bits per heavy atom. The molecule has 0 spiro atoms. The molecular weight excluding hydrogens is 359 g/mol. The van der Waals surface area contributed by atoms with E-state index < -0.39 is 0 Å². The number of benzene rings is 2. The average molecular weight is 387 g/mol. The van der Waals surface area contributed by atoms with Gasteiger partial charge in [0.05, 0.1) is 0 Å². The lowest BCUT2D eigenvalue weighted by atomic mass is 9.93. The summed E-state index contributed by atoms with van der Waals surface area (Å²) in [4.78, 5) is 5.13. The number of hydrogen-bond donors (Lipinski definition) is 0. The Kier molecular flexibility index (Phi) is 5.28. The highest BCUT2D eigenvalue weighted by Crippen LogP contribution is 2.48. The van der Waals surface area contributed by atoms with Gasteiger partial charge in [-0.3, -0.25) is 4.90 Å². The molecule has 0 aromatic heterocycles. The molecule has 27 heavy (non-hydrogen) atoms. The van der Waals surface area contributed by atoms with Crippen LogP contribution in [0.3, 0.4) is 0 Å². The van der Waals surface area contributed by atoms with Crippen molar-refractivity contribution >= 4 is 11.6 Å². The van der Waals surface area contributed by atoms with Gasteiger partial charge in [0.15, 0.2) is 0 Å². The van der Waals surface area contributed by atoms with Gasteiger partial charge in [-0.05, 0) is 60.3 Å². The van der Waals surface area contributed by atoms with Crippen LogP contribution in [0.1, 0.15) is 48.9 Å². The van der Waals surface area contributed by atoms with Gasteiger partial charge in [-0.2, -0.15) is 0 Å². The molecule has 0 amide bonds. The minimum Gasteiger partial charge on any atom is -0.301 e. The van der Waals surface area contributed by atoms with Crippen molar-refractivity contribution < 1.29 is 4.39 Å². The summed E-state index contributed by atoms with van der Waals surface area (Å²) >= 11 is 6.37. The number of nitrogens with zero attached hydrogens (tertiary/aromatic N) is 2. The van der Waals surface area contributed by atoms with Gasteiger partial charge in [0.1, 0.15) is 5.82 Å². The fourth-order valence-electron chi connectivity index (χ4n) is 4.91. The first-order chi connectivity index (χ1) is 12.9. The summed E-state index contributed by atoms with van der Waals surface area (Å²) in [6.45, 7) is 7.88. The molecule has 2 aromatic carbocycles. The molecule has 1 saturated heterocycles. The first-order valence-electron chi connectivity index (χ1n) is 9.93. The van der Waals surface area contributed by atoms with Crippen LogP contribution < -0.4 is 0 Å². The highest BCUT2D eigenvalue weighted by molar-refractivity contribution is 6.30. The van der Waals surface area contributed by atoms with E-state index in [0.29, 0.717) is 23.9 Å². The van der Waals surface area contributed by atoms with E-state index in [1.165, 1.54) is 16.7 Å². The molecule has 0 saturated carbocycles. The van der Waals surface area contributed by atoms with Crippen LogP contribution in [-0.2, 0) is 0 Å². The second kappa shape index (κ2) is 7.54. The Morgan fingerprint density at radius 1 is 1.04 bits per heavy atom. The van der Waals surface area contributed by atoms with Crippen LogP contribution in [0, 0.1) is 11.7 Å². The van der Waals surface area contributed by atoms with Crippen LogP contribution in [-0.4, -0.2) is 42.5 Å². The zero-order valence-corrected chi connectivity index (χ0v) is 17.1. The monoisotopic (exact) mass is 386 g/mol. The van der Waals surface area contributed by atoms with Crippen molar-refractivity contribution in [3.63, 3.8) is 0 Å². The zero-order chi connectivity index (χ0) is 19.1.